The van der Waals surface area contributed by atoms with Crippen LogP contribution >= 0.6 is 0 Å². The van der Waals surface area contributed by atoms with Crippen LogP contribution in [0.1, 0.15) is 19.3 Å². The number of ether oxygens (including phenoxy) is 1. The zero-order chi connectivity index (χ0) is 16.9. The second-order valence-corrected chi connectivity index (χ2v) is 6.52. The van der Waals surface area contributed by atoms with Crippen LogP contribution in [0.2, 0.25) is 0 Å². The lowest BCUT2D eigenvalue weighted by atomic mass is 10.1. The molecule has 4 nitrogen and oxygen atoms in total. The van der Waals surface area contributed by atoms with E-state index in [1.165, 1.54) is 32.4 Å². The predicted molar refractivity (Wildman–Crippen MR) is 101 cm³/mol. The van der Waals surface area contributed by atoms with Gasteiger partial charge >= 0.3 is 0 Å². The molecule has 2 aromatic carbocycles. The molecule has 1 aliphatic heterocycles. The van der Waals surface area contributed by atoms with Crippen LogP contribution in [0.4, 0.5) is 0 Å². The maximum Gasteiger partial charge on any atom is 0.241 e. The first kappa shape index (κ1) is 16.0. The van der Waals surface area contributed by atoms with Crippen LogP contribution in [-0.4, -0.2) is 41.3 Å². The van der Waals surface area contributed by atoms with Crippen LogP contribution in [0.5, 0.6) is 5.88 Å². The number of nitrogens with zero attached hydrogens (tertiary/aromatic N) is 3. The highest BCUT2D eigenvalue weighted by Crippen LogP contribution is 2.30. The minimum atomic E-state index is 0.632. The van der Waals surface area contributed by atoms with Crippen molar-refractivity contribution in [3.8, 4) is 17.1 Å². The standard InChI is InChI=1S/C21H23N3O/c1-3-9-17(10-4-1)20-18-11-5-6-12-19(18)21(23-22-20)25-16-15-24-13-7-2-8-14-24/h1,3-6,9-12H,2,7-8,13-16H2. The molecule has 0 aliphatic carbocycles. The first-order chi connectivity index (χ1) is 12.4. The van der Waals surface area contributed by atoms with E-state index in [4.69, 9.17) is 4.74 Å². The molecule has 0 saturated carbocycles. The first-order valence-corrected chi connectivity index (χ1v) is 9.08. The van der Waals surface area contributed by atoms with E-state index >= 15 is 0 Å². The van der Waals surface area contributed by atoms with Crippen LogP contribution in [0.15, 0.2) is 54.6 Å². The molecule has 4 heteroatoms. The number of aromatic nitrogens is 2. The molecule has 1 aliphatic rings. The molecular weight excluding hydrogens is 310 g/mol. The van der Waals surface area contributed by atoms with E-state index in [1.807, 2.05) is 30.3 Å². The minimum Gasteiger partial charge on any atom is -0.475 e. The summed E-state index contributed by atoms with van der Waals surface area (Å²) in [6.45, 7) is 3.98. The molecule has 1 aromatic heterocycles. The van der Waals surface area contributed by atoms with E-state index in [-0.39, 0.29) is 0 Å². The summed E-state index contributed by atoms with van der Waals surface area (Å²) in [6, 6.07) is 18.4. The molecule has 1 fully saturated rings. The Morgan fingerprint density at radius 3 is 2.32 bits per heavy atom. The molecule has 0 amide bonds. The minimum absolute atomic E-state index is 0.632. The van der Waals surface area contributed by atoms with E-state index in [2.05, 4.69) is 39.4 Å². The van der Waals surface area contributed by atoms with Gasteiger partial charge in [-0.05, 0) is 32.0 Å². The van der Waals surface area contributed by atoms with Crippen molar-refractivity contribution in [2.45, 2.75) is 19.3 Å². The Balaban J connectivity index is 1.56. The van der Waals surface area contributed by atoms with Crippen molar-refractivity contribution in [2.24, 2.45) is 0 Å². The topological polar surface area (TPSA) is 38.3 Å². The fourth-order valence-electron chi connectivity index (χ4n) is 3.45. The van der Waals surface area contributed by atoms with Crippen LogP contribution < -0.4 is 4.74 Å². The summed E-state index contributed by atoms with van der Waals surface area (Å²) in [7, 11) is 0. The second-order valence-electron chi connectivity index (χ2n) is 6.52. The SMILES string of the molecule is c1ccc(-c2nnc(OCCN3CCCCC3)c3ccccc23)cc1. The average molecular weight is 333 g/mol. The zero-order valence-corrected chi connectivity index (χ0v) is 14.4. The summed E-state index contributed by atoms with van der Waals surface area (Å²) in [5, 5.41) is 10.9. The smallest absolute Gasteiger partial charge is 0.241 e. The van der Waals surface area contributed by atoms with Crippen molar-refractivity contribution in [1.29, 1.82) is 0 Å². The number of piperidine rings is 1. The number of rotatable bonds is 5. The van der Waals surface area contributed by atoms with Crippen molar-refractivity contribution >= 4 is 10.8 Å². The summed E-state index contributed by atoms with van der Waals surface area (Å²) in [5.41, 5.74) is 1.98. The lowest BCUT2D eigenvalue weighted by Gasteiger charge is -2.26. The Kier molecular flexibility index (Phi) is 4.89. The van der Waals surface area contributed by atoms with Crippen LogP contribution in [0, 0.1) is 0 Å². The van der Waals surface area contributed by atoms with Gasteiger partial charge in [-0.2, -0.15) is 0 Å². The summed E-state index contributed by atoms with van der Waals surface area (Å²) in [6.07, 6.45) is 3.96. The van der Waals surface area contributed by atoms with Gasteiger partial charge in [-0.15, -0.1) is 10.2 Å². The van der Waals surface area contributed by atoms with E-state index in [0.717, 1.165) is 28.6 Å². The van der Waals surface area contributed by atoms with Crippen LogP contribution in [0.25, 0.3) is 22.0 Å². The Morgan fingerprint density at radius 1 is 0.800 bits per heavy atom. The number of fused-ring (bicyclic) bond motifs is 1. The monoisotopic (exact) mass is 333 g/mol. The molecule has 0 atom stereocenters. The molecule has 1 saturated heterocycles. The van der Waals surface area contributed by atoms with Crippen LogP contribution in [0.3, 0.4) is 0 Å². The molecule has 0 spiro atoms. The van der Waals surface area contributed by atoms with Crippen molar-refractivity contribution < 1.29 is 4.74 Å². The molecular formula is C21H23N3O. The molecule has 3 aromatic rings. The van der Waals surface area contributed by atoms with E-state index in [1.54, 1.807) is 0 Å². The van der Waals surface area contributed by atoms with Crippen molar-refractivity contribution in [1.82, 2.24) is 15.1 Å². The largest absolute Gasteiger partial charge is 0.475 e. The summed E-state index contributed by atoms with van der Waals surface area (Å²) >= 11 is 0. The molecule has 0 unspecified atom stereocenters. The van der Waals surface area contributed by atoms with Gasteiger partial charge in [0.1, 0.15) is 12.3 Å². The van der Waals surface area contributed by atoms with E-state index in [9.17, 15) is 0 Å². The quantitative estimate of drug-likeness (QED) is 0.703. The number of benzene rings is 2. The molecule has 128 valence electrons. The number of hydrogen-bond acceptors (Lipinski definition) is 4. The van der Waals surface area contributed by atoms with E-state index < -0.39 is 0 Å². The van der Waals surface area contributed by atoms with Gasteiger partial charge < -0.3 is 4.74 Å². The lowest BCUT2D eigenvalue weighted by Crippen LogP contribution is -2.33. The number of likely N-dealkylation sites (tertiary alicyclic amines) is 1. The highest BCUT2D eigenvalue weighted by atomic mass is 16.5. The van der Waals surface area contributed by atoms with Gasteiger partial charge in [0.25, 0.3) is 0 Å². The Morgan fingerprint density at radius 2 is 1.52 bits per heavy atom. The van der Waals surface area contributed by atoms with Gasteiger partial charge in [0.05, 0.1) is 0 Å². The highest BCUT2D eigenvalue weighted by molar-refractivity contribution is 5.96. The second kappa shape index (κ2) is 7.62. The van der Waals surface area contributed by atoms with Crippen LogP contribution in [-0.2, 0) is 0 Å². The summed E-state index contributed by atoms with van der Waals surface area (Å²) in [4.78, 5) is 2.47. The molecule has 25 heavy (non-hydrogen) atoms. The van der Waals surface area contributed by atoms with Gasteiger partial charge in [0.2, 0.25) is 5.88 Å². The van der Waals surface area contributed by atoms with Crippen molar-refractivity contribution in [3.05, 3.63) is 54.6 Å². The summed E-state index contributed by atoms with van der Waals surface area (Å²) in [5.74, 6) is 0.632. The molecule has 4 rings (SSSR count). The molecule has 2 heterocycles. The van der Waals surface area contributed by atoms with Gasteiger partial charge in [-0.1, -0.05) is 55.0 Å². The summed E-state index contributed by atoms with van der Waals surface area (Å²) < 4.78 is 6.00. The lowest BCUT2D eigenvalue weighted by molar-refractivity contribution is 0.181. The van der Waals surface area contributed by atoms with Gasteiger partial charge in [0, 0.05) is 22.9 Å². The Labute approximate surface area is 148 Å². The fourth-order valence-corrected chi connectivity index (χ4v) is 3.45. The molecule has 0 N–H and O–H groups in total. The third kappa shape index (κ3) is 3.64. The predicted octanol–water partition coefficient (Wildman–Crippen LogP) is 4.16. The fraction of sp³-hybridized carbons (Fsp3) is 0.333. The van der Waals surface area contributed by atoms with Crippen molar-refractivity contribution in [3.63, 3.8) is 0 Å². The van der Waals surface area contributed by atoms with Gasteiger partial charge in [-0.25, -0.2) is 0 Å². The first-order valence-electron chi connectivity index (χ1n) is 9.08. The number of hydrogen-bond donors (Lipinski definition) is 0. The molecule has 0 radical (unpaired) electrons. The maximum atomic E-state index is 6.00. The van der Waals surface area contributed by atoms with E-state index in [0.29, 0.717) is 12.5 Å². The van der Waals surface area contributed by atoms with Crippen molar-refractivity contribution in [2.75, 3.05) is 26.2 Å². The third-order valence-electron chi connectivity index (χ3n) is 4.80. The Hall–Kier alpha value is -2.46. The van der Waals surface area contributed by atoms with Gasteiger partial charge in [0.15, 0.2) is 0 Å². The molecule has 0 bridgehead atoms. The Bertz CT molecular complexity index is 829. The zero-order valence-electron chi connectivity index (χ0n) is 14.4. The highest BCUT2D eigenvalue weighted by Gasteiger charge is 2.13. The maximum absolute atomic E-state index is 6.00. The third-order valence-corrected chi connectivity index (χ3v) is 4.80. The normalized spacial score (nSPS) is 15.4. The average Bonchev–Trinajstić information content (AvgIpc) is 2.69. The van der Waals surface area contributed by atoms with Gasteiger partial charge in [-0.3, -0.25) is 4.90 Å².